The predicted octanol–water partition coefficient (Wildman–Crippen LogP) is -0.602. The van der Waals surface area contributed by atoms with E-state index in [1.54, 1.807) is 0 Å². The van der Waals surface area contributed by atoms with Crippen molar-refractivity contribution >= 4 is 11.8 Å². The summed E-state index contributed by atoms with van der Waals surface area (Å²) >= 11 is 0. The minimum atomic E-state index is -0.946. The summed E-state index contributed by atoms with van der Waals surface area (Å²) in [5.41, 5.74) is -0.186. The molecule has 0 aromatic rings. The Hall–Kier alpha value is -1.10. The maximum Gasteiger partial charge on any atom is 0.235 e. The van der Waals surface area contributed by atoms with E-state index in [4.69, 9.17) is 0 Å². The molecule has 90 valence electrons. The van der Waals surface area contributed by atoms with Gasteiger partial charge in [0.2, 0.25) is 11.8 Å². The molecule has 4 unspecified atom stereocenters. The number of aliphatic hydroxyl groups is 1. The topological polar surface area (TPSA) is 78.4 Å². The van der Waals surface area contributed by atoms with Crippen LogP contribution in [-0.2, 0) is 9.59 Å². The van der Waals surface area contributed by atoms with Crippen LogP contribution in [0.2, 0.25) is 0 Å². The summed E-state index contributed by atoms with van der Waals surface area (Å²) in [6.07, 6.45) is 0.519. The maximum atomic E-state index is 11.9. The number of nitrogens with one attached hydrogen (secondary N) is 2. The Morgan fingerprint density at radius 3 is 2.75 bits per heavy atom. The average molecular weight is 226 g/mol. The summed E-state index contributed by atoms with van der Waals surface area (Å²) in [6.45, 7) is 4.46. The Morgan fingerprint density at radius 2 is 2.25 bits per heavy atom. The molecule has 16 heavy (non-hydrogen) atoms. The minimum Gasteiger partial charge on any atom is -0.392 e. The highest BCUT2D eigenvalue weighted by molar-refractivity contribution is 6.01. The fourth-order valence-corrected chi connectivity index (χ4v) is 2.20. The van der Waals surface area contributed by atoms with Crippen molar-refractivity contribution in [2.24, 2.45) is 11.8 Å². The molecule has 1 heterocycles. The minimum absolute atomic E-state index is 0.186. The van der Waals surface area contributed by atoms with Gasteiger partial charge in [-0.25, -0.2) is 0 Å². The highest BCUT2D eigenvalue weighted by Gasteiger charge is 2.50. The second kappa shape index (κ2) is 3.73. The van der Waals surface area contributed by atoms with Gasteiger partial charge in [0.05, 0.1) is 6.10 Å². The largest absolute Gasteiger partial charge is 0.392 e. The lowest BCUT2D eigenvalue weighted by atomic mass is 9.94. The van der Waals surface area contributed by atoms with Crippen LogP contribution in [-0.4, -0.2) is 35.1 Å². The van der Waals surface area contributed by atoms with E-state index >= 15 is 0 Å². The van der Waals surface area contributed by atoms with Crippen molar-refractivity contribution < 1.29 is 14.7 Å². The maximum absolute atomic E-state index is 11.9. The number of amides is 2. The summed E-state index contributed by atoms with van der Waals surface area (Å²) < 4.78 is 0. The van der Waals surface area contributed by atoms with Gasteiger partial charge >= 0.3 is 0 Å². The molecular formula is C11H18N2O3. The molecule has 5 heteroatoms. The first-order chi connectivity index (χ1) is 7.44. The molecule has 5 nitrogen and oxygen atoms in total. The van der Waals surface area contributed by atoms with Crippen LogP contribution < -0.4 is 10.6 Å². The van der Waals surface area contributed by atoms with E-state index in [1.807, 2.05) is 6.92 Å². The van der Waals surface area contributed by atoms with E-state index in [1.165, 1.54) is 0 Å². The molecule has 1 saturated carbocycles. The van der Waals surface area contributed by atoms with E-state index in [-0.39, 0.29) is 17.4 Å². The van der Waals surface area contributed by atoms with Crippen LogP contribution in [0, 0.1) is 11.8 Å². The summed E-state index contributed by atoms with van der Waals surface area (Å²) in [7, 11) is 0. The number of carbonyl (C=O) groups is 2. The molecule has 4 atom stereocenters. The molecule has 1 saturated heterocycles. The van der Waals surface area contributed by atoms with E-state index in [9.17, 15) is 14.7 Å². The molecule has 3 N–H and O–H groups in total. The summed E-state index contributed by atoms with van der Waals surface area (Å²) in [6, 6.07) is 0. The Bertz CT molecular complexity index is 331. The average Bonchev–Trinajstić information content (AvgIpc) is 2.72. The molecule has 0 aromatic heterocycles. The van der Waals surface area contributed by atoms with Gasteiger partial charge in [-0.1, -0.05) is 6.92 Å². The molecule has 2 aliphatic rings. The third kappa shape index (κ3) is 1.91. The highest BCUT2D eigenvalue weighted by atomic mass is 16.3. The fourth-order valence-electron chi connectivity index (χ4n) is 2.20. The lowest BCUT2D eigenvalue weighted by molar-refractivity contribution is -0.142. The van der Waals surface area contributed by atoms with E-state index in [2.05, 4.69) is 17.6 Å². The van der Waals surface area contributed by atoms with Crippen LogP contribution in [0.1, 0.15) is 26.7 Å². The van der Waals surface area contributed by atoms with Crippen molar-refractivity contribution in [3.8, 4) is 0 Å². The lowest BCUT2D eigenvalue weighted by Crippen LogP contribution is -2.54. The van der Waals surface area contributed by atoms with Gasteiger partial charge in [-0.3, -0.25) is 9.59 Å². The van der Waals surface area contributed by atoms with E-state index in [0.29, 0.717) is 18.9 Å². The zero-order valence-electron chi connectivity index (χ0n) is 9.62. The molecule has 0 bridgehead atoms. The van der Waals surface area contributed by atoms with Crippen LogP contribution >= 0.6 is 0 Å². The Kier molecular flexibility index (Phi) is 2.66. The SMILES string of the molecule is CC1CC1(C)NC(=O)C1C(=O)NCCC1O. The molecule has 2 rings (SSSR count). The Morgan fingerprint density at radius 1 is 1.62 bits per heavy atom. The van der Waals surface area contributed by atoms with Crippen molar-refractivity contribution in [1.82, 2.24) is 10.6 Å². The van der Waals surface area contributed by atoms with Crippen molar-refractivity contribution in [3.63, 3.8) is 0 Å². The van der Waals surface area contributed by atoms with Gasteiger partial charge in [-0.05, 0) is 25.7 Å². The van der Waals surface area contributed by atoms with Gasteiger partial charge in [0.25, 0.3) is 0 Å². The molecule has 0 radical (unpaired) electrons. The summed E-state index contributed by atoms with van der Waals surface area (Å²) in [4.78, 5) is 23.4. The molecule has 1 aliphatic carbocycles. The first-order valence-corrected chi connectivity index (χ1v) is 5.72. The second-order valence-electron chi connectivity index (χ2n) is 5.14. The summed E-state index contributed by atoms with van der Waals surface area (Å²) in [5.74, 6) is -1.22. The molecule has 0 spiro atoms. The number of carbonyl (C=O) groups excluding carboxylic acids is 2. The van der Waals surface area contributed by atoms with E-state index in [0.717, 1.165) is 6.42 Å². The third-order valence-electron chi connectivity index (χ3n) is 3.76. The number of hydrogen-bond acceptors (Lipinski definition) is 3. The fraction of sp³-hybridized carbons (Fsp3) is 0.818. The number of aliphatic hydroxyl groups excluding tert-OH is 1. The van der Waals surface area contributed by atoms with Gasteiger partial charge in [-0.15, -0.1) is 0 Å². The van der Waals surface area contributed by atoms with E-state index < -0.39 is 12.0 Å². The van der Waals surface area contributed by atoms with Crippen LogP contribution in [0.4, 0.5) is 0 Å². The van der Waals surface area contributed by atoms with Crippen molar-refractivity contribution in [2.75, 3.05) is 6.54 Å². The molecule has 2 fully saturated rings. The Labute approximate surface area is 94.6 Å². The summed E-state index contributed by atoms with van der Waals surface area (Å²) in [5, 5.41) is 15.1. The number of hydrogen-bond donors (Lipinski definition) is 3. The Balaban J connectivity index is 2.00. The number of rotatable bonds is 2. The van der Waals surface area contributed by atoms with Gasteiger partial charge in [0.15, 0.2) is 0 Å². The first kappa shape index (κ1) is 11.4. The normalized spacial score (nSPS) is 42.4. The van der Waals surface area contributed by atoms with Crippen LogP contribution in [0.5, 0.6) is 0 Å². The van der Waals surface area contributed by atoms with Crippen molar-refractivity contribution in [1.29, 1.82) is 0 Å². The van der Waals surface area contributed by atoms with Crippen LogP contribution in [0.3, 0.4) is 0 Å². The van der Waals surface area contributed by atoms with Crippen molar-refractivity contribution in [3.05, 3.63) is 0 Å². The number of piperidine rings is 1. The van der Waals surface area contributed by atoms with Gasteiger partial charge in [0.1, 0.15) is 5.92 Å². The van der Waals surface area contributed by atoms with Crippen molar-refractivity contribution in [2.45, 2.75) is 38.3 Å². The highest BCUT2D eigenvalue weighted by Crippen LogP contribution is 2.42. The standard InChI is InChI=1S/C11H18N2O3/c1-6-5-11(6,2)13-10(16)8-7(14)3-4-12-9(8)15/h6-8,14H,3-5H2,1-2H3,(H,12,15)(H,13,16). The molecule has 2 amide bonds. The quantitative estimate of drug-likeness (QED) is 0.550. The molecular weight excluding hydrogens is 208 g/mol. The zero-order valence-corrected chi connectivity index (χ0v) is 9.62. The molecule has 1 aliphatic heterocycles. The zero-order chi connectivity index (χ0) is 11.9. The predicted molar refractivity (Wildman–Crippen MR) is 57.5 cm³/mol. The van der Waals surface area contributed by atoms with Crippen LogP contribution in [0.25, 0.3) is 0 Å². The first-order valence-electron chi connectivity index (χ1n) is 5.72. The van der Waals surface area contributed by atoms with Crippen LogP contribution in [0.15, 0.2) is 0 Å². The van der Waals surface area contributed by atoms with Gasteiger partial charge in [0, 0.05) is 12.1 Å². The third-order valence-corrected chi connectivity index (χ3v) is 3.76. The van der Waals surface area contributed by atoms with Gasteiger partial charge < -0.3 is 15.7 Å². The smallest absolute Gasteiger partial charge is 0.235 e. The van der Waals surface area contributed by atoms with Gasteiger partial charge in [-0.2, -0.15) is 0 Å². The second-order valence-corrected chi connectivity index (χ2v) is 5.14. The lowest BCUT2D eigenvalue weighted by Gasteiger charge is -2.27. The molecule has 0 aromatic carbocycles. The monoisotopic (exact) mass is 226 g/mol.